The number of likely N-dealkylation sites (N-methyl/N-ethyl adjacent to an activating group) is 1. The summed E-state index contributed by atoms with van der Waals surface area (Å²) in [6.45, 7) is 6.63. The van der Waals surface area contributed by atoms with Crippen LogP contribution in [0.4, 0.5) is 11.6 Å². The molecular formula is C12H22N6O. The van der Waals surface area contributed by atoms with Crippen molar-refractivity contribution in [3.63, 3.8) is 0 Å². The number of aromatic nitrogens is 2. The van der Waals surface area contributed by atoms with E-state index in [0.29, 0.717) is 24.0 Å². The van der Waals surface area contributed by atoms with Crippen LogP contribution in [-0.2, 0) is 11.2 Å². The van der Waals surface area contributed by atoms with E-state index in [1.807, 2.05) is 18.7 Å². The second-order valence-corrected chi connectivity index (χ2v) is 4.31. The summed E-state index contributed by atoms with van der Waals surface area (Å²) in [5, 5.41) is 0. The van der Waals surface area contributed by atoms with E-state index < -0.39 is 0 Å². The average Bonchev–Trinajstić information content (AvgIpc) is 2.38. The first kappa shape index (κ1) is 15.2. The molecule has 0 fully saturated rings. The van der Waals surface area contributed by atoms with Crippen LogP contribution in [0.15, 0.2) is 0 Å². The second kappa shape index (κ2) is 6.89. The van der Waals surface area contributed by atoms with E-state index in [4.69, 9.17) is 11.6 Å². The number of hydrogen-bond acceptors (Lipinski definition) is 6. The molecule has 0 saturated carbocycles. The van der Waals surface area contributed by atoms with Gasteiger partial charge in [0.25, 0.3) is 0 Å². The van der Waals surface area contributed by atoms with Crippen LogP contribution >= 0.6 is 0 Å². The van der Waals surface area contributed by atoms with Gasteiger partial charge < -0.3 is 16.1 Å². The molecule has 19 heavy (non-hydrogen) atoms. The van der Waals surface area contributed by atoms with E-state index in [-0.39, 0.29) is 12.5 Å². The van der Waals surface area contributed by atoms with Crippen molar-refractivity contribution >= 4 is 17.5 Å². The number of nitrogen functional groups attached to an aromatic ring is 1. The Kier molecular flexibility index (Phi) is 5.50. The van der Waals surface area contributed by atoms with Gasteiger partial charge in [-0.15, -0.1) is 0 Å². The Hall–Kier alpha value is -1.89. The third-order valence-electron chi connectivity index (χ3n) is 2.80. The summed E-state index contributed by atoms with van der Waals surface area (Å²) >= 11 is 0. The summed E-state index contributed by atoms with van der Waals surface area (Å²) in [6.07, 6.45) is 1.70. The van der Waals surface area contributed by atoms with Gasteiger partial charge in [0.1, 0.15) is 17.5 Å². The fourth-order valence-corrected chi connectivity index (χ4v) is 1.86. The number of hydrogen-bond donors (Lipinski definition) is 3. The van der Waals surface area contributed by atoms with Gasteiger partial charge >= 0.3 is 0 Å². The quantitative estimate of drug-likeness (QED) is 0.484. The van der Waals surface area contributed by atoms with Gasteiger partial charge in [0.2, 0.25) is 5.91 Å². The number of anilines is 2. The van der Waals surface area contributed by atoms with Crippen molar-refractivity contribution in [1.82, 2.24) is 9.97 Å². The summed E-state index contributed by atoms with van der Waals surface area (Å²) in [4.78, 5) is 21.8. The number of hydrazine groups is 1. The van der Waals surface area contributed by atoms with E-state index in [1.165, 1.54) is 0 Å². The van der Waals surface area contributed by atoms with E-state index in [0.717, 1.165) is 18.4 Å². The Balaban J connectivity index is 3.21. The molecule has 7 heteroatoms. The van der Waals surface area contributed by atoms with Crippen molar-refractivity contribution < 1.29 is 4.79 Å². The molecule has 0 aliphatic heterocycles. The van der Waals surface area contributed by atoms with Gasteiger partial charge in [-0.25, -0.2) is 15.8 Å². The summed E-state index contributed by atoms with van der Waals surface area (Å²) < 4.78 is 0. The molecule has 1 amide bonds. The molecule has 0 aromatic carbocycles. The molecule has 0 unspecified atom stereocenters. The van der Waals surface area contributed by atoms with Crippen LogP contribution in [0, 0.1) is 6.92 Å². The Morgan fingerprint density at radius 1 is 1.37 bits per heavy atom. The number of amides is 1. The molecule has 0 atom stereocenters. The zero-order chi connectivity index (χ0) is 14.4. The van der Waals surface area contributed by atoms with Crippen LogP contribution < -0.4 is 21.9 Å². The number of nitrogens with zero attached hydrogens (tertiary/aromatic N) is 3. The Morgan fingerprint density at radius 3 is 2.53 bits per heavy atom. The maximum atomic E-state index is 11.1. The van der Waals surface area contributed by atoms with Gasteiger partial charge in [-0.3, -0.25) is 4.79 Å². The standard InChI is InChI=1S/C12H22N6O/c1-4-6-10-15-11(17-14)8(3)12(16-10)18(5-2)7-9(13)19/h4-7,14H2,1-3H3,(H2,13,19)(H,15,16,17). The molecule has 1 aromatic rings. The molecule has 0 aliphatic carbocycles. The SMILES string of the molecule is CCCc1nc(NN)c(C)c(N(CC)CC(N)=O)n1. The molecule has 0 saturated heterocycles. The Morgan fingerprint density at radius 2 is 2.05 bits per heavy atom. The molecule has 7 nitrogen and oxygen atoms in total. The van der Waals surface area contributed by atoms with Crippen molar-refractivity contribution in [2.45, 2.75) is 33.6 Å². The fraction of sp³-hybridized carbons (Fsp3) is 0.583. The molecule has 0 spiro atoms. The number of nitrogens with one attached hydrogen (secondary N) is 1. The Labute approximate surface area is 113 Å². The first-order valence-corrected chi connectivity index (χ1v) is 6.40. The monoisotopic (exact) mass is 266 g/mol. The molecule has 0 aliphatic rings. The summed E-state index contributed by atoms with van der Waals surface area (Å²) in [6, 6.07) is 0. The number of primary amides is 1. The lowest BCUT2D eigenvalue weighted by atomic mass is 10.2. The lowest BCUT2D eigenvalue weighted by Crippen LogP contribution is -2.35. The van der Waals surface area contributed by atoms with Crippen molar-refractivity contribution in [2.24, 2.45) is 11.6 Å². The van der Waals surface area contributed by atoms with Crippen molar-refractivity contribution in [3.8, 4) is 0 Å². The zero-order valence-corrected chi connectivity index (χ0v) is 11.7. The van der Waals surface area contributed by atoms with Crippen LogP contribution in [0.2, 0.25) is 0 Å². The molecule has 1 aromatic heterocycles. The maximum Gasteiger partial charge on any atom is 0.236 e. The smallest absolute Gasteiger partial charge is 0.236 e. The van der Waals surface area contributed by atoms with Crippen molar-refractivity contribution in [1.29, 1.82) is 0 Å². The highest BCUT2D eigenvalue weighted by molar-refractivity contribution is 5.79. The summed E-state index contributed by atoms with van der Waals surface area (Å²) in [5.41, 5.74) is 8.64. The lowest BCUT2D eigenvalue weighted by molar-refractivity contribution is -0.116. The largest absolute Gasteiger partial charge is 0.368 e. The maximum absolute atomic E-state index is 11.1. The third kappa shape index (κ3) is 3.78. The Bertz CT molecular complexity index is 448. The zero-order valence-electron chi connectivity index (χ0n) is 11.7. The molecule has 1 heterocycles. The summed E-state index contributed by atoms with van der Waals surface area (Å²) in [7, 11) is 0. The average molecular weight is 266 g/mol. The lowest BCUT2D eigenvalue weighted by Gasteiger charge is -2.23. The van der Waals surface area contributed by atoms with E-state index in [1.54, 1.807) is 0 Å². The summed E-state index contributed by atoms with van der Waals surface area (Å²) in [5.74, 6) is 7.08. The highest BCUT2D eigenvalue weighted by Gasteiger charge is 2.16. The molecule has 106 valence electrons. The number of rotatable bonds is 7. The van der Waals surface area contributed by atoms with Gasteiger partial charge in [-0.2, -0.15) is 0 Å². The molecule has 0 radical (unpaired) electrons. The second-order valence-electron chi connectivity index (χ2n) is 4.31. The predicted molar refractivity (Wildman–Crippen MR) is 75.7 cm³/mol. The van der Waals surface area contributed by atoms with E-state index in [2.05, 4.69) is 22.3 Å². The van der Waals surface area contributed by atoms with E-state index >= 15 is 0 Å². The third-order valence-corrected chi connectivity index (χ3v) is 2.80. The van der Waals surface area contributed by atoms with Crippen LogP contribution in [0.5, 0.6) is 0 Å². The number of nitrogens with two attached hydrogens (primary N) is 2. The highest BCUT2D eigenvalue weighted by Crippen LogP contribution is 2.23. The van der Waals surface area contributed by atoms with Crippen molar-refractivity contribution in [3.05, 3.63) is 11.4 Å². The molecular weight excluding hydrogens is 244 g/mol. The number of carbonyl (C=O) groups is 1. The first-order valence-electron chi connectivity index (χ1n) is 6.40. The van der Waals surface area contributed by atoms with Crippen LogP contribution in [0.3, 0.4) is 0 Å². The van der Waals surface area contributed by atoms with Gasteiger partial charge in [-0.05, 0) is 20.3 Å². The van der Waals surface area contributed by atoms with E-state index in [9.17, 15) is 4.79 Å². The highest BCUT2D eigenvalue weighted by atomic mass is 16.1. The predicted octanol–water partition coefficient (Wildman–Crippen LogP) is 0.335. The van der Waals surface area contributed by atoms with Crippen LogP contribution in [-0.4, -0.2) is 29.0 Å². The minimum atomic E-state index is -0.390. The fourth-order valence-electron chi connectivity index (χ4n) is 1.86. The topological polar surface area (TPSA) is 110 Å². The van der Waals surface area contributed by atoms with Crippen molar-refractivity contribution in [2.75, 3.05) is 23.4 Å². The van der Waals surface area contributed by atoms with Gasteiger partial charge in [0.05, 0.1) is 6.54 Å². The molecule has 0 bridgehead atoms. The molecule has 5 N–H and O–H groups in total. The number of aryl methyl sites for hydroxylation is 1. The normalized spacial score (nSPS) is 10.3. The first-order chi connectivity index (χ1) is 9.03. The van der Waals surface area contributed by atoms with Gasteiger partial charge in [-0.1, -0.05) is 6.92 Å². The minimum absolute atomic E-state index is 0.129. The molecule has 1 rings (SSSR count). The number of carbonyl (C=O) groups excluding carboxylic acids is 1. The van der Waals surface area contributed by atoms with Crippen LogP contribution in [0.25, 0.3) is 0 Å². The van der Waals surface area contributed by atoms with Gasteiger partial charge in [0, 0.05) is 18.5 Å². The van der Waals surface area contributed by atoms with Crippen LogP contribution in [0.1, 0.15) is 31.7 Å². The van der Waals surface area contributed by atoms with Gasteiger partial charge in [0.15, 0.2) is 0 Å². The minimum Gasteiger partial charge on any atom is -0.368 e.